The van der Waals surface area contributed by atoms with Gasteiger partial charge in [-0.15, -0.1) is 22.7 Å². The summed E-state index contributed by atoms with van der Waals surface area (Å²) in [6.45, 7) is 2.98. The van der Waals surface area contributed by atoms with E-state index in [9.17, 15) is 28.1 Å². The SMILES string of the molecule is CCOP(=O)(OCC)C(F)(F)c1ccc2sc(C(=O)N[C@H]3CNCC[C@H]4CC[C@@H](C(=O)N[C@@H](CCC(N)=O)c5nc(-c6ccc(F)cc6)cs5)N4C3=O)cc2c1. The first kappa shape index (κ1) is 41.4. The van der Waals surface area contributed by atoms with Crippen LogP contribution in [-0.4, -0.2) is 77.9 Å². The highest BCUT2D eigenvalue weighted by Gasteiger charge is 2.55. The number of primary amides is 1. The van der Waals surface area contributed by atoms with Crippen molar-refractivity contribution in [1.29, 1.82) is 0 Å². The number of fused-ring (bicyclic) bond motifs is 2. The van der Waals surface area contributed by atoms with Gasteiger partial charge in [-0.25, -0.2) is 9.37 Å². The van der Waals surface area contributed by atoms with Crippen molar-refractivity contribution in [2.45, 2.75) is 75.8 Å². The van der Waals surface area contributed by atoms with Crippen LogP contribution < -0.4 is 21.7 Å². The molecule has 2 aliphatic heterocycles. The molecule has 0 radical (unpaired) electrons. The number of thiophene rings is 1. The summed E-state index contributed by atoms with van der Waals surface area (Å²) in [7, 11) is -4.86. The molecular weight excluding hydrogens is 793 g/mol. The van der Waals surface area contributed by atoms with Crippen LogP contribution in [0.2, 0.25) is 0 Å². The summed E-state index contributed by atoms with van der Waals surface area (Å²) in [6.07, 6.45) is 1.63. The fourth-order valence-electron chi connectivity index (χ4n) is 6.93. The minimum absolute atomic E-state index is 0.0328. The van der Waals surface area contributed by atoms with E-state index in [0.717, 1.165) is 23.5 Å². The first-order valence-electron chi connectivity index (χ1n) is 18.2. The Morgan fingerprint density at radius 2 is 1.82 bits per heavy atom. The quantitative estimate of drug-likeness (QED) is 0.104. The standard InChI is InChI=1S/C37H42F3N6O7PS2/c1-3-52-54(51,53-4-2)37(39,40)23-7-13-30-22(17-23)18-31(56-30)34(49)44-27-19-42-16-15-25-10-12-29(46(25)36(27)50)33(48)43-26(11-14-32(41)47)35-45-28(20-55-35)21-5-8-24(38)9-6-21/h5-9,13,17-18,20,25-27,29,42H,3-4,10-12,14-16,19H2,1-2H3,(H2,41,47)(H,43,48)(H,44,49)/t25-,26+,27+,29+/m1/s1. The molecule has 6 rings (SSSR count). The van der Waals surface area contributed by atoms with Gasteiger partial charge >= 0.3 is 13.3 Å². The number of nitrogens with one attached hydrogen (secondary N) is 3. The highest BCUT2D eigenvalue weighted by molar-refractivity contribution is 7.54. The number of carbonyl (C=O) groups excluding carboxylic acids is 4. The zero-order valence-corrected chi connectivity index (χ0v) is 33.1. The Balaban J connectivity index is 1.18. The highest BCUT2D eigenvalue weighted by atomic mass is 32.1. The fraction of sp³-hybridized carbons (Fsp3) is 0.432. The van der Waals surface area contributed by atoms with Gasteiger partial charge in [0.2, 0.25) is 17.7 Å². The summed E-state index contributed by atoms with van der Waals surface area (Å²) < 4.78 is 67.9. The molecule has 0 bridgehead atoms. The molecule has 0 saturated carbocycles. The third-order valence-corrected chi connectivity index (χ3v) is 13.9. The second-order valence-electron chi connectivity index (χ2n) is 13.4. The van der Waals surface area contributed by atoms with Gasteiger partial charge in [0.05, 0.1) is 29.8 Å². The van der Waals surface area contributed by atoms with Crippen molar-refractivity contribution in [3.63, 3.8) is 0 Å². The maximum Gasteiger partial charge on any atom is 0.404 e. The van der Waals surface area contributed by atoms with Crippen molar-refractivity contribution in [3.05, 3.63) is 75.2 Å². The number of rotatable bonds is 15. The summed E-state index contributed by atoms with van der Waals surface area (Å²) >= 11 is 2.30. The first-order chi connectivity index (χ1) is 26.7. The van der Waals surface area contributed by atoms with Gasteiger partial charge in [0.1, 0.15) is 22.9 Å². The third kappa shape index (κ3) is 8.85. The molecule has 4 aromatic rings. The van der Waals surface area contributed by atoms with E-state index in [1.807, 2.05) is 0 Å². The largest absolute Gasteiger partial charge is 0.404 e. The molecule has 5 N–H and O–H groups in total. The monoisotopic (exact) mass is 834 g/mol. The molecule has 2 fully saturated rings. The van der Waals surface area contributed by atoms with Crippen LogP contribution in [0.4, 0.5) is 13.2 Å². The Bertz CT molecular complexity index is 2120. The number of thiazole rings is 1. The summed E-state index contributed by atoms with van der Waals surface area (Å²) in [5, 5.41) is 11.6. The maximum atomic E-state index is 15.5. The molecule has 0 spiro atoms. The normalized spacial score (nSPS) is 19.6. The van der Waals surface area contributed by atoms with Gasteiger partial charge in [-0.3, -0.25) is 23.7 Å². The molecule has 4 atom stereocenters. The van der Waals surface area contributed by atoms with Crippen molar-refractivity contribution < 1.29 is 46.0 Å². The Morgan fingerprint density at radius 3 is 2.52 bits per heavy atom. The molecule has 2 aromatic carbocycles. The Labute approximate surface area is 329 Å². The molecule has 19 heteroatoms. The van der Waals surface area contributed by atoms with Gasteiger partial charge in [-0.2, -0.15) is 8.78 Å². The van der Waals surface area contributed by atoms with Crippen molar-refractivity contribution in [1.82, 2.24) is 25.8 Å². The molecule has 2 aromatic heterocycles. The van der Waals surface area contributed by atoms with Crippen molar-refractivity contribution in [3.8, 4) is 11.3 Å². The number of carbonyl (C=O) groups is 4. The van der Waals surface area contributed by atoms with Crippen LogP contribution in [0, 0.1) is 5.82 Å². The van der Waals surface area contributed by atoms with Crippen molar-refractivity contribution in [2.75, 3.05) is 26.3 Å². The molecule has 13 nitrogen and oxygen atoms in total. The van der Waals surface area contributed by atoms with Gasteiger partial charge < -0.3 is 35.6 Å². The van der Waals surface area contributed by atoms with E-state index >= 15 is 8.78 Å². The van der Waals surface area contributed by atoms with Crippen molar-refractivity contribution >= 4 is 64.0 Å². The van der Waals surface area contributed by atoms with Crippen molar-refractivity contribution in [2.24, 2.45) is 5.73 Å². The van der Waals surface area contributed by atoms with Crippen LogP contribution in [0.1, 0.15) is 72.2 Å². The molecule has 4 amide bonds. The lowest BCUT2D eigenvalue weighted by Crippen LogP contribution is -2.60. The third-order valence-electron chi connectivity index (χ3n) is 9.65. The highest BCUT2D eigenvalue weighted by Crippen LogP contribution is 2.67. The number of benzene rings is 2. The number of nitrogens with zero attached hydrogens (tertiary/aromatic N) is 2. The molecule has 300 valence electrons. The summed E-state index contributed by atoms with van der Waals surface area (Å²) in [4.78, 5) is 59.9. The fourth-order valence-corrected chi connectivity index (χ4v) is 10.3. The molecule has 0 aliphatic carbocycles. The number of halogens is 3. The first-order valence-corrected chi connectivity index (χ1v) is 21.4. The molecule has 2 aliphatic rings. The van der Waals surface area contributed by atoms with Gasteiger partial charge in [-0.1, -0.05) is 6.07 Å². The lowest BCUT2D eigenvalue weighted by Gasteiger charge is -2.35. The van der Waals surface area contributed by atoms with Gasteiger partial charge in [0, 0.05) is 40.2 Å². The van der Waals surface area contributed by atoms with Crippen LogP contribution in [0.25, 0.3) is 21.3 Å². The van der Waals surface area contributed by atoms with E-state index in [1.54, 1.807) is 17.5 Å². The van der Waals surface area contributed by atoms with Crippen LogP contribution in [-0.2, 0) is 33.7 Å². The minimum atomic E-state index is -4.86. The van der Waals surface area contributed by atoms with Gasteiger partial charge in [0.25, 0.3) is 5.91 Å². The van der Waals surface area contributed by atoms with Gasteiger partial charge in [-0.05, 0) is 93.9 Å². The Kier molecular flexibility index (Phi) is 13.0. The number of amides is 4. The number of hydrogen-bond acceptors (Lipinski definition) is 11. The molecule has 4 heterocycles. The topological polar surface area (TPSA) is 182 Å². The lowest BCUT2D eigenvalue weighted by atomic mass is 10.1. The zero-order valence-electron chi connectivity index (χ0n) is 30.6. The minimum Gasteiger partial charge on any atom is -0.370 e. The second kappa shape index (κ2) is 17.5. The van der Waals surface area contributed by atoms with E-state index in [2.05, 4.69) is 20.9 Å². The van der Waals surface area contributed by atoms with Crippen LogP contribution in [0.5, 0.6) is 0 Å². The molecular formula is C37H42F3N6O7PS2. The average Bonchev–Trinajstić information content (AvgIpc) is 3.92. The van der Waals surface area contributed by atoms with Crippen LogP contribution in [0.15, 0.2) is 53.9 Å². The average molecular weight is 835 g/mol. The molecule has 2 saturated heterocycles. The summed E-state index contributed by atoms with van der Waals surface area (Å²) in [5.74, 6) is -2.46. The predicted octanol–water partition coefficient (Wildman–Crippen LogP) is 6.05. The lowest BCUT2D eigenvalue weighted by molar-refractivity contribution is -0.142. The zero-order chi connectivity index (χ0) is 40.2. The van der Waals surface area contributed by atoms with E-state index < -0.39 is 66.4 Å². The summed E-state index contributed by atoms with van der Waals surface area (Å²) in [6, 6.07) is 7.98. The number of aromatic nitrogens is 1. The van der Waals surface area contributed by atoms with E-state index in [4.69, 9.17) is 14.8 Å². The van der Waals surface area contributed by atoms with Crippen LogP contribution >= 0.6 is 30.3 Å². The second-order valence-corrected chi connectivity index (χ2v) is 17.4. The van der Waals surface area contributed by atoms with E-state index in [0.29, 0.717) is 52.2 Å². The summed E-state index contributed by atoms with van der Waals surface area (Å²) in [5.41, 5.74) is 2.14. The van der Waals surface area contributed by atoms with E-state index in [-0.39, 0.29) is 43.5 Å². The molecule has 56 heavy (non-hydrogen) atoms. The molecule has 0 unspecified atom stereocenters. The number of alkyl halides is 2. The Hall–Kier alpha value is -4.19. The Morgan fingerprint density at radius 1 is 1.09 bits per heavy atom. The smallest absolute Gasteiger partial charge is 0.370 e. The predicted molar refractivity (Wildman–Crippen MR) is 206 cm³/mol. The number of nitrogens with two attached hydrogens (primary N) is 1. The maximum absolute atomic E-state index is 15.5. The van der Waals surface area contributed by atoms with Crippen LogP contribution in [0.3, 0.4) is 0 Å². The van der Waals surface area contributed by atoms with Gasteiger partial charge in [0.15, 0.2) is 0 Å². The van der Waals surface area contributed by atoms with E-state index in [1.165, 1.54) is 54.3 Å². The number of hydrogen-bond donors (Lipinski definition) is 4.